The predicted octanol–water partition coefficient (Wildman–Crippen LogP) is 2.13. The summed E-state index contributed by atoms with van der Waals surface area (Å²) in [5.74, 6) is -1.37. The molecule has 1 N–H and O–H groups in total. The zero-order chi connectivity index (χ0) is 18.0. The van der Waals surface area contributed by atoms with Crippen LogP contribution in [0.15, 0.2) is 42.5 Å². The summed E-state index contributed by atoms with van der Waals surface area (Å²) in [6.45, 7) is 0.414. The van der Waals surface area contributed by atoms with Crippen LogP contribution >= 0.6 is 0 Å². The molecule has 1 aliphatic heterocycles. The van der Waals surface area contributed by atoms with Crippen molar-refractivity contribution in [1.82, 2.24) is 0 Å². The van der Waals surface area contributed by atoms with Crippen molar-refractivity contribution in [3.8, 4) is 5.75 Å². The summed E-state index contributed by atoms with van der Waals surface area (Å²) in [4.78, 5) is 36.5. The first-order chi connectivity index (χ1) is 12.0. The molecule has 0 saturated heterocycles. The monoisotopic (exact) mass is 341 g/mol. The summed E-state index contributed by atoms with van der Waals surface area (Å²) in [5.41, 5.74) is 1.56. The molecule has 0 aromatic heterocycles. The molecule has 0 atom stereocenters. The third-order valence-electron chi connectivity index (χ3n) is 3.97. The lowest BCUT2D eigenvalue weighted by Crippen LogP contribution is -2.38. The van der Waals surface area contributed by atoms with Crippen LogP contribution in [0.25, 0.3) is 0 Å². The van der Waals surface area contributed by atoms with Crippen molar-refractivity contribution in [1.29, 1.82) is 0 Å². The zero-order valence-corrected chi connectivity index (χ0v) is 13.4. The number of benzene rings is 2. The lowest BCUT2D eigenvalue weighted by Gasteiger charge is -2.17. The maximum atomic E-state index is 12.5. The van der Waals surface area contributed by atoms with E-state index in [0.717, 1.165) is 11.6 Å². The van der Waals surface area contributed by atoms with E-state index in [9.17, 15) is 19.7 Å². The first-order valence-corrected chi connectivity index (χ1v) is 7.54. The van der Waals surface area contributed by atoms with Crippen LogP contribution in [-0.4, -0.2) is 30.4 Å². The van der Waals surface area contributed by atoms with E-state index in [-0.39, 0.29) is 17.1 Å². The second-order valence-electron chi connectivity index (χ2n) is 5.43. The molecule has 128 valence electrons. The number of methoxy groups -OCH3 is 1. The molecule has 2 aromatic carbocycles. The molecule has 0 aliphatic carbocycles. The van der Waals surface area contributed by atoms with Gasteiger partial charge >= 0.3 is 11.8 Å². The van der Waals surface area contributed by atoms with E-state index in [1.807, 2.05) is 12.1 Å². The van der Waals surface area contributed by atoms with Gasteiger partial charge in [-0.15, -0.1) is 0 Å². The van der Waals surface area contributed by atoms with Crippen LogP contribution in [0.3, 0.4) is 0 Å². The Balaban J connectivity index is 1.82. The van der Waals surface area contributed by atoms with E-state index < -0.39 is 16.7 Å². The number of non-ortho nitro benzene ring substituents is 1. The van der Waals surface area contributed by atoms with Crippen molar-refractivity contribution in [2.24, 2.45) is 0 Å². The van der Waals surface area contributed by atoms with Crippen LogP contribution in [0.1, 0.15) is 5.56 Å². The fourth-order valence-corrected chi connectivity index (χ4v) is 2.75. The Bertz CT molecular complexity index is 865. The molecule has 0 unspecified atom stereocenters. The predicted molar refractivity (Wildman–Crippen MR) is 90.8 cm³/mol. The van der Waals surface area contributed by atoms with Crippen molar-refractivity contribution < 1.29 is 19.2 Å². The standard InChI is InChI=1S/C17H15N3O5/c1-25-15-7-6-12(20(23)24)10-13(15)18-16(21)17(22)19-9-8-11-4-2-3-5-14(11)19/h2-7,10H,8-9H2,1H3,(H,18,21). The number of nitrogens with one attached hydrogen (secondary N) is 1. The lowest BCUT2D eigenvalue weighted by atomic mass is 10.2. The van der Waals surface area contributed by atoms with E-state index in [2.05, 4.69) is 5.32 Å². The minimum atomic E-state index is -0.879. The molecule has 2 aromatic rings. The molecule has 0 saturated carbocycles. The van der Waals surface area contributed by atoms with E-state index in [4.69, 9.17) is 4.74 Å². The molecule has 0 spiro atoms. The number of ether oxygens (including phenoxy) is 1. The summed E-state index contributed by atoms with van der Waals surface area (Å²) in [5, 5.41) is 13.3. The lowest BCUT2D eigenvalue weighted by molar-refractivity contribution is -0.384. The Morgan fingerprint density at radius 1 is 1.24 bits per heavy atom. The average molecular weight is 341 g/mol. The van der Waals surface area contributed by atoms with Gasteiger partial charge in [0.1, 0.15) is 5.75 Å². The molecule has 0 fully saturated rings. The minimum absolute atomic E-state index is 0.0718. The first kappa shape index (κ1) is 16.4. The Morgan fingerprint density at radius 3 is 2.72 bits per heavy atom. The number of nitro groups is 1. The SMILES string of the molecule is COc1ccc([N+](=O)[O-])cc1NC(=O)C(=O)N1CCc2ccccc21. The normalized spacial score (nSPS) is 12.4. The number of hydrogen-bond acceptors (Lipinski definition) is 5. The van der Waals surface area contributed by atoms with Crippen molar-refractivity contribution in [2.45, 2.75) is 6.42 Å². The molecule has 1 heterocycles. The summed E-state index contributed by atoms with van der Waals surface area (Å²) < 4.78 is 5.08. The molecule has 25 heavy (non-hydrogen) atoms. The maximum absolute atomic E-state index is 12.5. The quantitative estimate of drug-likeness (QED) is 0.523. The fourth-order valence-electron chi connectivity index (χ4n) is 2.75. The number of hydrogen-bond donors (Lipinski definition) is 1. The Hall–Kier alpha value is -3.42. The van der Waals surface area contributed by atoms with E-state index >= 15 is 0 Å². The van der Waals surface area contributed by atoms with Gasteiger partial charge in [0.2, 0.25) is 0 Å². The number of nitrogens with zero attached hydrogens (tertiary/aromatic N) is 2. The number of amides is 2. The first-order valence-electron chi connectivity index (χ1n) is 7.54. The second kappa shape index (κ2) is 6.60. The molecule has 0 radical (unpaired) electrons. The second-order valence-corrected chi connectivity index (χ2v) is 5.43. The fraction of sp³-hybridized carbons (Fsp3) is 0.176. The van der Waals surface area contributed by atoms with Gasteiger partial charge in [0.15, 0.2) is 0 Å². The zero-order valence-electron chi connectivity index (χ0n) is 13.4. The van der Waals surface area contributed by atoms with E-state index in [1.54, 1.807) is 12.1 Å². The Labute approximate surface area is 143 Å². The van der Waals surface area contributed by atoms with Crippen molar-refractivity contribution in [3.05, 3.63) is 58.1 Å². The van der Waals surface area contributed by atoms with Gasteiger partial charge < -0.3 is 15.0 Å². The third kappa shape index (κ3) is 3.14. The largest absolute Gasteiger partial charge is 0.495 e. The highest BCUT2D eigenvalue weighted by Gasteiger charge is 2.29. The molecule has 2 amide bonds. The van der Waals surface area contributed by atoms with Crippen molar-refractivity contribution in [2.75, 3.05) is 23.9 Å². The Morgan fingerprint density at radius 2 is 2.00 bits per heavy atom. The molecular formula is C17H15N3O5. The van der Waals surface area contributed by atoms with Crippen molar-refractivity contribution >= 4 is 28.9 Å². The third-order valence-corrected chi connectivity index (χ3v) is 3.97. The summed E-state index contributed by atoms with van der Waals surface area (Å²) in [6.07, 6.45) is 0.676. The highest BCUT2D eigenvalue weighted by Crippen LogP contribution is 2.30. The molecule has 3 rings (SSSR count). The maximum Gasteiger partial charge on any atom is 0.316 e. The van der Waals surface area contributed by atoms with Gasteiger partial charge in [0.05, 0.1) is 17.7 Å². The van der Waals surface area contributed by atoms with Crippen LogP contribution in [0.5, 0.6) is 5.75 Å². The summed E-state index contributed by atoms with van der Waals surface area (Å²) in [7, 11) is 1.37. The van der Waals surface area contributed by atoms with Crippen molar-refractivity contribution in [3.63, 3.8) is 0 Å². The van der Waals surface area contributed by atoms with Gasteiger partial charge in [0, 0.05) is 24.4 Å². The van der Waals surface area contributed by atoms with Gasteiger partial charge in [-0.3, -0.25) is 19.7 Å². The highest BCUT2D eigenvalue weighted by atomic mass is 16.6. The number of para-hydroxylation sites is 1. The number of carbonyl (C=O) groups excluding carboxylic acids is 2. The summed E-state index contributed by atoms with van der Waals surface area (Å²) >= 11 is 0. The van der Waals surface area contributed by atoms with Gasteiger partial charge in [0.25, 0.3) is 5.69 Å². The van der Waals surface area contributed by atoms with E-state index in [1.165, 1.54) is 24.1 Å². The number of nitro benzene ring substituents is 1. The number of rotatable bonds is 3. The summed E-state index contributed by atoms with van der Waals surface area (Å²) in [6, 6.07) is 11.1. The van der Waals surface area contributed by atoms with Crippen LogP contribution < -0.4 is 15.0 Å². The minimum Gasteiger partial charge on any atom is -0.495 e. The van der Waals surface area contributed by atoms with Crippen LogP contribution in [-0.2, 0) is 16.0 Å². The highest BCUT2D eigenvalue weighted by molar-refractivity contribution is 6.44. The van der Waals surface area contributed by atoms with Gasteiger partial charge in [-0.25, -0.2) is 0 Å². The van der Waals surface area contributed by atoms with Gasteiger partial charge in [-0.05, 0) is 24.1 Å². The number of fused-ring (bicyclic) bond motifs is 1. The van der Waals surface area contributed by atoms with Crippen LogP contribution in [0.4, 0.5) is 17.1 Å². The Kier molecular flexibility index (Phi) is 4.34. The van der Waals surface area contributed by atoms with Gasteiger partial charge in [-0.2, -0.15) is 0 Å². The van der Waals surface area contributed by atoms with E-state index in [0.29, 0.717) is 18.7 Å². The molecule has 8 heteroatoms. The molecule has 8 nitrogen and oxygen atoms in total. The van der Waals surface area contributed by atoms with Crippen LogP contribution in [0, 0.1) is 10.1 Å². The smallest absolute Gasteiger partial charge is 0.316 e. The average Bonchev–Trinajstić information content (AvgIpc) is 3.04. The van der Waals surface area contributed by atoms with Gasteiger partial charge in [-0.1, -0.05) is 18.2 Å². The topological polar surface area (TPSA) is 102 Å². The number of anilines is 2. The molecule has 0 bridgehead atoms. The number of carbonyl (C=O) groups is 2. The molecular weight excluding hydrogens is 326 g/mol. The van der Waals surface area contributed by atoms with Crippen LogP contribution in [0.2, 0.25) is 0 Å². The molecule has 1 aliphatic rings.